The van der Waals surface area contributed by atoms with E-state index in [0.717, 1.165) is 5.57 Å². The molecule has 0 unspecified atom stereocenters. The molecule has 1 aliphatic rings. The second kappa shape index (κ2) is 2.63. The fourth-order valence-electron chi connectivity index (χ4n) is 1.32. The molecule has 0 aliphatic carbocycles. The van der Waals surface area contributed by atoms with E-state index in [1.54, 1.807) is 0 Å². The molecule has 2 heterocycles. The zero-order valence-electron chi connectivity index (χ0n) is 8.11. The maximum atomic E-state index is 11.5. The molecule has 0 N–H and O–H groups in total. The van der Waals surface area contributed by atoms with E-state index >= 15 is 0 Å². The van der Waals surface area contributed by atoms with Crippen LogP contribution in [0.1, 0.15) is 26.6 Å². The Balaban J connectivity index is 2.54. The number of carbonyl (C=O) groups is 1. The van der Waals surface area contributed by atoms with Gasteiger partial charge in [0.2, 0.25) is 0 Å². The van der Waals surface area contributed by atoms with Crippen LogP contribution in [0.3, 0.4) is 0 Å². The zero-order chi connectivity index (χ0) is 10.3. The Morgan fingerprint density at radius 3 is 2.57 bits per heavy atom. The Kier molecular flexibility index (Phi) is 1.67. The van der Waals surface area contributed by atoms with Gasteiger partial charge in [-0.2, -0.15) is 5.21 Å². The highest BCUT2D eigenvalue weighted by Crippen LogP contribution is 2.35. The number of rotatable bonds is 1. The van der Waals surface area contributed by atoms with Crippen molar-refractivity contribution in [2.45, 2.75) is 26.4 Å². The lowest BCUT2D eigenvalue weighted by atomic mass is 9.97. The molecule has 0 saturated heterocycles. The quantitative estimate of drug-likeness (QED) is 0.581. The topological polar surface area (TPSA) is 79.1 Å². The maximum Gasteiger partial charge on any atom is 0.340 e. The predicted octanol–water partition coefficient (Wildman–Crippen LogP) is -0.0623. The van der Waals surface area contributed by atoms with Crippen LogP contribution in [-0.4, -0.2) is 27.1 Å². The first-order valence-electron chi connectivity index (χ1n) is 4.16. The molecule has 0 bridgehead atoms. The van der Waals surface area contributed by atoms with E-state index < -0.39 is 11.6 Å². The number of hydrogen-bond acceptors (Lipinski definition) is 5. The summed E-state index contributed by atoms with van der Waals surface area (Å²) in [4.78, 5) is 11.5. The summed E-state index contributed by atoms with van der Waals surface area (Å²) in [5.74, 6) is -0.180. The molecular formula is C8H9N4O2-. The second-order valence-electron chi connectivity index (χ2n) is 3.60. The van der Waals surface area contributed by atoms with Crippen LogP contribution >= 0.6 is 0 Å². The SMILES string of the molecule is CC1=C(c2nnn[n-]2)C(=O)OC1(C)C. The zero-order valence-corrected chi connectivity index (χ0v) is 8.11. The molecule has 0 amide bonds. The van der Waals surface area contributed by atoms with Crippen LogP contribution in [0.25, 0.3) is 5.57 Å². The maximum absolute atomic E-state index is 11.5. The minimum absolute atomic E-state index is 0.234. The number of cyclic esters (lactones) is 1. The van der Waals surface area contributed by atoms with Gasteiger partial charge >= 0.3 is 5.97 Å². The lowest BCUT2D eigenvalue weighted by molar-refractivity contribution is -0.142. The van der Waals surface area contributed by atoms with Crippen molar-refractivity contribution in [3.63, 3.8) is 0 Å². The number of tetrazole rings is 1. The fraction of sp³-hybridized carbons (Fsp3) is 0.500. The van der Waals surface area contributed by atoms with Crippen molar-refractivity contribution in [1.82, 2.24) is 20.6 Å². The van der Waals surface area contributed by atoms with Gasteiger partial charge in [-0.3, -0.25) is 10.3 Å². The highest BCUT2D eigenvalue weighted by molar-refractivity contribution is 6.18. The summed E-state index contributed by atoms with van der Waals surface area (Å²) in [6, 6.07) is 0. The molecule has 0 fully saturated rings. The first-order chi connectivity index (χ1) is 6.52. The Bertz CT molecular complexity index is 405. The largest absolute Gasteiger partial charge is 0.451 e. The van der Waals surface area contributed by atoms with Crippen molar-refractivity contribution in [1.29, 1.82) is 0 Å². The third-order valence-electron chi connectivity index (χ3n) is 2.37. The standard InChI is InChI=1S/C8H9N4O2/c1-4-5(6-9-11-12-10-6)7(13)14-8(4,2)3/h1-3H3/q-1. The van der Waals surface area contributed by atoms with E-state index in [-0.39, 0.29) is 5.82 Å². The lowest BCUT2D eigenvalue weighted by Crippen LogP contribution is -2.21. The van der Waals surface area contributed by atoms with Gasteiger partial charge in [-0.05, 0) is 26.3 Å². The van der Waals surface area contributed by atoms with Crippen molar-refractivity contribution < 1.29 is 9.53 Å². The van der Waals surface area contributed by atoms with E-state index in [1.165, 1.54) is 0 Å². The number of ether oxygens (including phenoxy) is 1. The summed E-state index contributed by atoms with van der Waals surface area (Å²) in [5, 5.41) is 13.9. The van der Waals surface area contributed by atoms with Crippen LogP contribution < -0.4 is 5.10 Å². The Morgan fingerprint density at radius 1 is 1.43 bits per heavy atom. The normalized spacial score (nSPS) is 20.1. The number of nitrogens with zero attached hydrogens (tertiary/aromatic N) is 4. The molecule has 6 heteroatoms. The summed E-state index contributed by atoms with van der Waals surface area (Å²) in [7, 11) is 0. The first-order valence-corrected chi connectivity index (χ1v) is 4.16. The Hall–Kier alpha value is -1.72. The van der Waals surface area contributed by atoms with Gasteiger partial charge in [-0.15, -0.1) is 0 Å². The van der Waals surface area contributed by atoms with Crippen molar-refractivity contribution in [3.05, 3.63) is 11.4 Å². The van der Waals surface area contributed by atoms with Gasteiger partial charge in [0.15, 0.2) is 0 Å². The predicted molar refractivity (Wildman–Crippen MR) is 45.9 cm³/mol. The van der Waals surface area contributed by atoms with Crippen molar-refractivity contribution in [2.24, 2.45) is 0 Å². The van der Waals surface area contributed by atoms with E-state index in [0.29, 0.717) is 5.57 Å². The Labute approximate surface area is 80.3 Å². The van der Waals surface area contributed by atoms with Gasteiger partial charge in [0.05, 0.1) is 5.57 Å². The van der Waals surface area contributed by atoms with Gasteiger partial charge in [-0.25, -0.2) is 4.79 Å². The van der Waals surface area contributed by atoms with Crippen molar-refractivity contribution in [3.8, 4) is 0 Å². The number of aromatic nitrogens is 4. The highest BCUT2D eigenvalue weighted by atomic mass is 16.6. The Morgan fingerprint density at radius 2 is 2.14 bits per heavy atom. The molecule has 0 saturated carbocycles. The minimum Gasteiger partial charge on any atom is -0.451 e. The fourth-order valence-corrected chi connectivity index (χ4v) is 1.32. The van der Waals surface area contributed by atoms with Crippen LogP contribution in [-0.2, 0) is 9.53 Å². The average molecular weight is 193 g/mol. The number of carbonyl (C=O) groups excluding carboxylic acids is 1. The average Bonchev–Trinajstić information content (AvgIpc) is 2.61. The van der Waals surface area contributed by atoms with E-state index in [9.17, 15) is 4.79 Å². The summed E-state index contributed by atoms with van der Waals surface area (Å²) >= 11 is 0. The third kappa shape index (κ3) is 1.11. The van der Waals surface area contributed by atoms with Crippen LogP contribution in [0, 0.1) is 0 Å². The van der Waals surface area contributed by atoms with E-state index in [1.807, 2.05) is 20.8 Å². The lowest BCUT2D eigenvalue weighted by Gasteiger charge is -2.18. The molecule has 6 nitrogen and oxygen atoms in total. The molecule has 2 rings (SSSR count). The molecule has 0 spiro atoms. The molecule has 0 aromatic carbocycles. The van der Waals surface area contributed by atoms with Crippen molar-refractivity contribution >= 4 is 11.5 Å². The van der Waals surface area contributed by atoms with Crippen LogP contribution in [0.4, 0.5) is 0 Å². The van der Waals surface area contributed by atoms with Gasteiger partial charge in [0.1, 0.15) is 5.60 Å². The van der Waals surface area contributed by atoms with Crippen LogP contribution in [0.5, 0.6) is 0 Å². The second-order valence-corrected chi connectivity index (χ2v) is 3.60. The van der Waals surface area contributed by atoms with Crippen LogP contribution in [0.15, 0.2) is 5.57 Å². The van der Waals surface area contributed by atoms with Gasteiger partial charge in [0.25, 0.3) is 0 Å². The smallest absolute Gasteiger partial charge is 0.340 e. The molecule has 14 heavy (non-hydrogen) atoms. The summed E-state index contributed by atoms with van der Waals surface area (Å²) in [5.41, 5.74) is 0.588. The molecule has 74 valence electrons. The summed E-state index contributed by atoms with van der Waals surface area (Å²) < 4.78 is 5.15. The number of esters is 1. The third-order valence-corrected chi connectivity index (χ3v) is 2.37. The first kappa shape index (κ1) is 8.86. The van der Waals surface area contributed by atoms with E-state index in [2.05, 4.69) is 20.6 Å². The van der Waals surface area contributed by atoms with Crippen LogP contribution in [0.2, 0.25) is 0 Å². The molecule has 0 atom stereocenters. The minimum atomic E-state index is -0.590. The summed E-state index contributed by atoms with van der Waals surface area (Å²) in [6.07, 6.45) is 0. The highest BCUT2D eigenvalue weighted by Gasteiger charge is 2.37. The molecule has 1 aromatic heterocycles. The van der Waals surface area contributed by atoms with E-state index in [4.69, 9.17) is 4.74 Å². The summed E-state index contributed by atoms with van der Waals surface area (Å²) in [6.45, 7) is 5.45. The van der Waals surface area contributed by atoms with Gasteiger partial charge in [-0.1, -0.05) is 0 Å². The molecular weight excluding hydrogens is 184 g/mol. The molecule has 1 aromatic rings. The molecule has 0 radical (unpaired) electrons. The monoisotopic (exact) mass is 193 g/mol. The van der Waals surface area contributed by atoms with Gasteiger partial charge in [0, 0.05) is 5.82 Å². The van der Waals surface area contributed by atoms with Gasteiger partial charge < -0.3 is 9.84 Å². The molecule has 1 aliphatic heterocycles. The van der Waals surface area contributed by atoms with Crippen molar-refractivity contribution in [2.75, 3.05) is 0 Å². The number of hydrogen-bond donors (Lipinski definition) is 0.